The zero-order valence-electron chi connectivity index (χ0n) is 13.6. The SMILES string of the molecule is CCc1nnc([C@@H](Cc2ccc(F)cc2)NSc2ccc(Cl)cc2)o1. The van der Waals surface area contributed by atoms with Gasteiger partial charge in [-0.15, -0.1) is 10.2 Å². The van der Waals surface area contributed by atoms with E-state index >= 15 is 0 Å². The Hall–Kier alpha value is -1.89. The number of benzene rings is 2. The normalized spacial score (nSPS) is 12.3. The Labute approximate surface area is 154 Å². The highest BCUT2D eigenvalue weighted by atomic mass is 35.5. The fourth-order valence-corrected chi connectivity index (χ4v) is 3.09. The maximum absolute atomic E-state index is 13.1. The molecule has 0 unspecified atom stereocenters. The first-order valence-corrected chi connectivity index (χ1v) is 9.08. The van der Waals surface area contributed by atoms with Gasteiger partial charge >= 0.3 is 0 Å². The highest BCUT2D eigenvalue weighted by molar-refractivity contribution is 7.97. The van der Waals surface area contributed by atoms with Crippen LogP contribution in [0.25, 0.3) is 0 Å². The molecule has 0 radical (unpaired) electrons. The van der Waals surface area contributed by atoms with Crippen LogP contribution in [0.1, 0.15) is 30.3 Å². The number of hydrogen-bond acceptors (Lipinski definition) is 5. The predicted molar refractivity (Wildman–Crippen MR) is 97.0 cm³/mol. The van der Waals surface area contributed by atoms with Gasteiger partial charge in [-0.05, 0) is 60.3 Å². The number of nitrogens with zero attached hydrogens (tertiary/aromatic N) is 2. The Morgan fingerprint density at radius 2 is 1.84 bits per heavy atom. The minimum absolute atomic E-state index is 0.195. The molecule has 0 aliphatic carbocycles. The predicted octanol–water partition coefficient (Wildman–Crippen LogP) is 5.01. The summed E-state index contributed by atoms with van der Waals surface area (Å²) in [5.41, 5.74) is 0.979. The molecular weight excluding hydrogens is 361 g/mol. The first-order valence-electron chi connectivity index (χ1n) is 7.88. The van der Waals surface area contributed by atoms with E-state index in [4.69, 9.17) is 16.0 Å². The van der Waals surface area contributed by atoms with Gasteiger partial charge in [-0.1, -0.05) is 30.7 Å². The van der Waals surface area contributed by atoms with Crippen LogP contribution >= 0.6 is 23.5 Å². The molecule has 2 aromatic carbocycles. The number of nitrogens with one attached hydrogen (secondary N) is 1. The van der Waals surface area contributed by atoms with Crippen molar-refractivity contribution in [3.05, 3.63) is 76.7 Å². The Balaban J connectivity index is 1.75. The van der Waals surface area contributed by atoms with Gasteiger partial charge in [0.05, 0.1) is 6.04 Å². The van der Waals surface area contributed by atoms with Crippen LogP contribution in [0.15, 0.2) is 57.8 Å². The van der Waals surface area contributed by atoms with Gasteiger partial charge in [-0.3, -0.25) is 0 Å². The number of rotatable bonds is 7. The number of aryl methyl sites for hydroxylation is 1. The van der Waals surface area contributed by atoms with Gasteiger partial charge in [0.15, 0.2) is 0 Å². The largest absolute Gasteiger partial charge is 0.424 e. The van der Waals surface area contributed by atoms with E-state index in [-0.39, 0.29) is 11.9 Å². The molecule has 0 bridgehead atoms. The summed E-state index contributed by atoms with van der Waals surface area (Å²) in [6.45, 7) is 1.96. The lowest BCUT2D eigenvalue weighted by molar-refractivity contribution is 0.410. The van der Waals surface area contributed by atoms with E-state index in [1.165, 1.54) is 24.1 Å². The second kappa shape index (κ2) is 8.47. The number of aromatic nitrogens is 2. The molecular formula is C18H17ClFN3OS. The van der Waals surface area contributed by atoms with Crippen LogP contribution in [-0.2, 0) is 12.8 Å². The minimum Gasteiger partial charge on any atom is -0.424 e. The van der Waals surface area contributed by atoms with Crippen LogP contribution < -0.4 is 4.72 Å². The topological polar surface area (TPSA) is 51.0 Å². The third-order valence-corrected chi connectivity index (χ3v) is 4.73. The van der Waals surface area contributed by atoms with E-state index in [9.17, 15) is 4.39 Å². The summed E-state index contributed by atoms with van der Waals surface area (Å²) in [6, 6.07) is 13.8. The van der Waals surface area contributed by atoms with Crippen molar-refractivity contribution in [2.75, 3.05) is 0 Å². The summed E-state index contributed by atoms with van der Waals surface area (Å²) < 4.78 is 22.2. The first-order chi connectivity index (χ1) is 12.1. The van der Waals surface area contributed by atoms with E-state index in [2.05, 4.69) is 14.9 Å². The molecule has 4 nitrogen and oxygen atoms in total. The molecule has 3 rings (SSSR count). The van der Waals surface area contributed by atoms with Gasteiger partial charge in [0, 0.05) is 16.3 Å². The smallest absolute Gasteiger partial charge is 0.234 e. The highest BCUT2D eigenvalue weighted by Crippen LogP contribution is 2.25. The van der Waals surface area contributed by atoms with E-state index < -0.39 is 0 Å². The van der Waals surface area contributed by atoms with Crippen LogP contribution in [0.2, 0.25) is 5.02 Å². The second-order valence-corrected chi connectivity index (χ2v) is 6.79. The summed E-state index contributed by atoms with van der Waals surface area (Å²) in [5, 5.41) is 8.87. The molecule has 0 aliphatic heterocycles. The maximum Gasteiger partial charge on any atom is 0.234 e. The van der Waals surface area contributed by atoms with Gasteiger partial charge in [0.1, 0.15) is 5.82 Å². The maximum atomic E-state index is 13.1. The van der Waals surface area contributed by atoms with Gasteiger partial charge in [0.25, 0.3) is 0 Å². The van der Waals surface area contributed by atoms with Crippen LogP contribution in [0.4, 0.5) is 4.39 Å². The Kier molecular flexibility index (Phi) is 6.07. The molecule has 25 heavy (non-hydrogen) atoms. The molecule has 0 fully saturated rings. The average molecular weight is 378 g/mol. The fourth-order valence-electron chi connectivity index (χ4n) is 2.23. The van der Waals surface area contributed by atoms with Crippen molar-refractivity contribution in [2.24, 2.45) is 0 Å². The van der Waals surface area contributed by atoms with E-state index in [0.29, 0.717) is 29.6 Å². The molecule has 0 spiro atoms. The standard InChI is InChI=1S/C18H17ClFN3OS/c1-2-17-21-22-18(24-17)16(11-12-3-7-14(20)8-4-12)23-25-15-9-5-13(19)6-10-15/h3-10,16,23H,2,11H2,1H3/t16-/m1/s1. The Morgan fingerprint density at radius 3 is 2.48 bits per heavy atom. The van der Waals surface area contributed by atoms with Gasteiger partial charge in [0.2, 0.25) is 11.8 Å². The van der Waals surface area contributed by atoms with Crippen molar-refractivity contribution in [1.29, 1.82) is 0 Å². The van der Waals surface area contributed by atoms with Gasteiger partial charge < -0.3 is 4.42 Å². The zero-order chi connectivity index (χ0) is 17.6. The fraction of sp³-hybridized carbons (Fsp3) is 0.222. The van der Waals surface area contributed by atoms with Crippen molar-refractivity contribution in [2.45, 2.75) is 30.7 Å². The quantitative estimate of drug-likeness (QED) is 0.587. The van der Waals surface area contributed by atoms with Crippen molar-refractivity contribution < 1.29 is 8.81 Å². The molecule has 7 heteroatoms. The Bertz CT molecular complexity index is 808. The third-order valence-electron chi connectivity index (χ3n) is 3.57. The van der Waals surface area contributed by atoms with Gasteiger partial charge in [-0.25, -0.2) is 9.11 Å². The molecule has 130 valence electrons. The van der Waals surface area contributed by atoms with Crippen LogP contribution in [0.5, 0.6) is 0 Å². The van der Waals surface area contributed by atoms with Crippen LogP contribution in [0, 0.1) is 5.82 Å². The minimum atomic E-state index is -0.255. The second-order valence-electron chi connectivity index (χ2n) is 5.44. The molecule has 1 aromatic heterocycles. The highest BCUT2D eigenvalue weighted by Gasteiger charge is 2.19. The molecule has 1 N–H and O–H groups in total. The van der Waals surface area contributed by atoms with Crippen LogP contribution in [0.3, 0.4) is 0 Å². The van der Waals surface area contributed by atoms with Crippen molar-refractivity contribution in [3.8, 4) is 0 Å². The summed E-state index contributed by atoms with van der Waals surface area (Å²) in [4.78, 5) is 1.02. The molecule has 0 amide bonds. The third kappa shape index (κ3) is 5.04. The molecule has 3 aromatic rings. The molecule has 0 aliphatic rings. The van der Waals surface area contributed by atoms with Gasteiger partial charge in [-0.2, -0.15) is 0 Å². The molecule has 1 atom stereocenters. The lowest BCUT2D eigenvalue weighted by atomic mass is 10.1. The van der Waals surface area contributed by atoms with E-state index in [1.807, 2.05) is 31.2 Å². The molecule has 1 heterocycles. The molecule has 0 saturated heterocycles. The molecule has 0 saturated carbocycles. The lowest BCUT2D eigenvalue weighted by Gasteiger charge is -2.15. The van der Waals surface area contributed by atoms with Crippen molar-refractivity contribution >= 4 is 23.5 Å². The van der Waals surface area contributed by atoms with Crippen molar-refractivity contribution in [3.63, 3.8) is 0 Å². The lowest BCUT2D eigenvalue weighted by Crippen LogP contribution is -2.17. The monoisotopic (exact) mass is 377 g/mol. The number of hydrogen-bond donors (Lipinski definition) is 1. The summed E-state index contributed by atoms with van der Waals surface area (Å²) >= 11 is 7.38. The van der Waals surface area contributed by atoms with Crippen LogP contribution in [-0.4, -0.2) is 10.2 Å². The summed E-state index contributed by atoms with van der Waals surface area (Å²) in [5.74, 6) is 0.856. The summed E-state index contributed by atoms with van der Waals surface area (Å²) in [7, 11) is 0. The van der Waals surface area contributed by atoms with E-state index in [0.717, 1.165) is 10.5 Å². The Morgan fingerprint density at radius 1 is 1.12 bits per heavy atom. The average Bonchev–Trinajstić information content (AvgIpc) is 3.11. The first kappa shape index (κ1) is 17.9. The summed E-state index contributed by atoms with van der Waals surface area (Å²) in [6.07, 6.45) is 1.28. The number of halogens is 2. The zero-order valence-corrected chi connectivity index (χ0v) is 15.1. The van der Waals surface area contributed by atoms with E-state index in [1.54, 1.807) is 12.1 Å². The van der Waals surface area contributed by atoms with Crippen molar-refractivity contribution in [1.82, 2.24) is 14.9 Å².